The maximum absolute atomic E-state index is 12.3. The fraction of sp³-hybridized carbons (Fsp3) is 0.909. The molecule has 4 atom stereocenters. The molecule has 2 heterocycles. The Hall–Kier alpha value is -1.14. The average molecular weight is 395 g/mol. The van der Waals surface area contributed by atoms with E-state index < -0.39 is 0 Å². The summed E-state index contributed by atoms with van der Waals surface area (Å²) in [6, 6.07) is 0. The third kappa shape index (κ3) is 4.70. The normalized spacial score (nSPS) is 34.1. The number of hydrogen-bond donors (Lipinski definition) is 0. The van der Waals surface area contributed by atoms with Gasteiger partial charge < -0.3 is 18.9 Å². The zero-order valence-corrected chi connectivity index (χ0v) is 16.8. The highest BCUT2D eigenvalue weighted by Crippen LogP contribution is 2.36. The molecule has 0 radical (unpaired) electrons. The Morgan fingerprint density at radius 3 is 1.43 bits per heavy atom. The van der Waals surface area contributed by atoms with E-state index in [1.807, 2.05) is 0 Å². The topological polar surface area (TPSA) is 71.1 Å². The molecular formula is C22H34O6. The Morgan fingerprint density at radius 1 is 0.643 bits per heavy atom. The Kier molecular flexibility index (Phi) is 6.89. The minimum atomic E-state index is -0.0578. The molecule has 6 heteroatoms. The lowest BCUT2D eigenvalue weighted by atomic mass is 9.89. The highest BCUT2D eigenvalue weighted by molar-refractivity contribution is 5.72. The minimum absolute atomic E-state index is 0.0564. The van der Waals surface area contributed by atoms with Crippen molar-refractivity contribution < 1.29 is 28.5 Å². The quantitative estimate of drug-likeness (QED) is 0.644. The Balaban J connectivity index is 1.19. The van der Waals surface area contributed by atoms with Crippen LogP contribution in [0.15, 0.2) is 0 Å². The van der Waals surface area contributed by atoms with Gasteiger partial charge >= 0.3 is 11.9 Å². The molecule has 0 aromatic heterocycles. The van der Waals surface area contributed by atoms with Crippen molar-refractivity contribution in [3.63, 3.8) is 0 Å². The molecular weight excluding hydrogens is 360 g/mol. The van der Waals surface area contributed by atoms with Crippen LogP contribution in [-0.2, 0) is 28.5 Å². The third-order valence-electron chi connectivity index (χ3n) is 7.01. The molecule has 6 nitrogen and oxygen atoms in total. The van der Waals surface area contributed by atoms with E-state index in [9.17, 15) is 9.59 Å². The van der Waals surface area contributed by atoms with Gasteiger partial charge in [-0.2, -0.15) is 0 Å². The molecule has 4 fully saturated rings. The van der Waals surface area contributed by atoms with Crippen LogP contribution >= 0.6 is 0 Å². The lowest BCUT2D eigenvalue weighted by Gasteiger charge is -2.22. The third-order valence-corrected chi connectivity index (χ3v) is 7.01. The van der Waals surface area contributed by atoms with Crippen molar-refractivity contribution in [2.24, 2.45) is 23.7 Å². The van der Waals surface area contributed by atoms with Crippen LogP contribution in [0.5, 0.6) is 0 Å². The summed E-state index contributed by atoms with van der Waals surface area (Å²) in [5.74, 6) is 0.193. The number of esters is 2. The first kappa shape index (κ1) is 20.1. The summed E-state index contributed by atoms with van der Waals surface area (Å²) >= 11 is 0. The molecule has 28 heavy (non-hydrogen) atoms. The highest BCUT2D eigenvalue weighted by atomic mass is 16.6. The van der Waals surface area contributed by atoms with Crippen LogP contribution in [0.4, 0.5) is 0 Å². The maximum Gasteiger partial charge on any atom is 0.308 e. The fourth-order valence-electron chi connectivity index (χ4n) is 5.23. The molecule has 2 saturated heterocycles. The monoisotopic (exact) mass is 394 g/mol. The first-order valence-corrected chi connectivity index (χ1v) is 11.3. The number of rotatable bonds is 6. The molecule has 0 N–H and O–H groups in total. The first-order valence-electron chi connectivity index (χ1n) is 11.3. The van der Waals surface area contributed by atoms with Crippen LogP contribution in [0.3, 0.4) is 0 Å². The Labute approximate surface area is 167 Å². The van der Waals surface area contributed by atoms with Crippen molar-refractivity contribution in [3.8, 4) is 0 Å². The maximum atomic E-state index is 12.3. The number of carbonyl (C=O) groups is 2. The Morgan fingerprint density at radius 2 is 1.04 bits per heavy atom. The molecule has 2 aliphatic heterocycles. The van der Waals surface area contributed by atoms with Crippen molar-refractivity contribution in [1.29, 1.82) is 0 Å². The minimum Gasteiger partial charge on any atom is -0.465 e. The largest absolute Gasteiger partial charge is 0.465 e. The van der Waals surface area contributed by atoms with E-state index in [0.717, 1.165) is 51.4 Å². The van der Waals surface area contributed by atoms with E-state index in [1.54, 1.807) is 0 Å². The summed E-state index contributed by atoms with van der Waals surface area (Å²) in [5.41, 5.74) is 0. The van der Waals surface area contributed by atoms with Gasteiger partial charge in [-0.15, -0.1) is 0 Å². The predicted octanol–water partition coefficient (Wildman–Crippen LogP) is 3.26. The predicted molar refractivity (Wildman–Crippen MR) is 102 cm³/mol. The molecule has 2 saturated carbocycles. The summed E-state index contributed by atoms with van der Waals surface area (Å²) in [6.45, 7) is 1.82. The van der Waals surface area contributed by atoms with E-state index in [-0.39, 0.29) is 47.8 Å². The molecule has 0 aromatic rings. The highest BCUT2D eigenvalue weighted by Gasteiger charge is 2.48. The van der Waals surface area contributed by atoms with Crippen LogP contribution in [0.2, 0.25) is 0 Å². The molecule has 2 aliphatic carbocycles. The van der Waals surface area contributed by atoms with Gasteiger partial charge in [0.15, 0.2) is 0 Å². The summed E-state index contributed by atoms with van der Waals surface area (Å²) in [5, 5.41) is 0. The molecule has 0 aromatic carbocycles. The number of fused-ring (bicyclic) bond motifs is 1. The van der Waals surface area contributed by atoms with Crippen molar-refractivity contribution in [1.82, 2.24) is 0 Å². The zero-order valence-electron chi connectivity index (χ0n) is 16.8. The second-order valence-electron chi connectivity index (χ2n) is 9.05. The van der Waals surface area contributed by atoms with E-state index in [0.29, 0.717) is 26.4 Å². The van der Waals surface area contributed by atoms with Crippen LogP contribution in [0.1, 0.15) is 64.2 Å². The molecule has 0 spiro atoms. The fourth-order valence-corrected chi connectivity index (χ4v) is 5.23. The summed E-state index contributed by atoms with van der Waals surface area (Å²) in [7, 11) is 0. The van der Waals surface area contributed by atoms with Crippen LogP contribution < -0.4 is 0 Å². The molecule has 4 unspecified atom stereocenters. The smallest absolute Gasteiger partial charge is 0.308 e. The lowest BCUT2D eigenvalue weighted by Crippen LogP contribution is -2.32. The first-order chi connectivity index (χ1) is 13.7. The SMILES string of the molecule is O=C(OCC1COC2C(COC(=O)C3CCCCC3)COC12)C1CCCCC1. The average Bonchev–Trinajstić information content (AvgIpc) is 3.34. The van der Waals surface area contributed by atoms with Crippen molar-refractivity contribution in [3.05, 3.63) is 0 Å². The van der Waals surface area contributed by atoms with Gasteiger partial charge in [-0.1, -0.05) is 38.5 Å². The molecule has 4 aliphatic rings. The number of hydrogen-bond acceptors (Lipinski definition) is 6. The van der Waals surface area contributed by atoms with Crippen molar-refractivity contribution >= 4 is 11.9 Å². The van der Waals surface area contributed by atoms with Gasteiger partial charge in [0.1, 0.15) is 0 Å². The van der Waals surface area contributed by atoms with Crippen molar-refractivity contribution in [2.45, 2.75) is 76.4 Å². The lowest BCUT2D eigenvalue weighted by molar-refractivity contribution is -0.152. The van der Waals surface area contributed by atoms with Gasteiger partial charge in [0.05, 0.1) is 50.5 Å². The van der Waals surface area contributed by atoms with Gasteiger partial charge in [-0.05, 0) is 25.7 Å². The van der Waals surface area contributed by atoms with Gasteiger partial charge in [-0.25, -0.2) is 0 Å². The van der Waals surface area contributed by atoms with Crippen LogP contribution in [0, 0.1) is 23.7 Å². The second kappa shape index (κ2) is 9.57. The van der Waals surface area contributed by atoms with E-state index in [4.69, 9.17) is 18.9 Å². The standard InChI is InChI=1S/C22H34O6/c23-21(15-7-3-1-4-8-15)27-13-17-11-25-20-18(12-26-19(17)20)14-28-22(24)16-9-5-2-6-10-16/h15-20H,1-14H2. The molecule has 0 amide bonds. The summed E-state index contributed by atoms with van der Waals surface area (Å²) in [4.78, 5) is 24.6. The van der Waals surface area contributed by atoms with Gasteiger partial charge in [0.25, 0.3) is 0 Å². The van der Waals surface area contributed by atoms with Crippen LogP contribution in [-0.4, -0.2) is 50.6 Å². The van der Waals surface area contributed by atoms with E-state index in [2.05, 4.69) is 0 Å². The zero-order chi connectivity index (χ0) is 19.3. The number of ether oxygens (including phenoxy) is 4. The van der Waals surface area contributed by atoms with Gasteiger partial charge in [0.2, 0.25) is 0 Å². The molecule has 4 rings (SSSR count). The summed E-state index contributed by atoms with van der Waals surface area (Å²) in [6.07, 6.45) is 10.7. The summed E-state index contributed by atoms with van der Waals surface area (Å²) < 4.78 is 23.1. The van der Waals surface area contributed by atoms with E-state index >= 15 is 0 Å². The molecule has 0 bridgehead atoms. The number of carbonyl (C=O) groups excluding carboxylic acids is 2. The Bertz CT molecular complexity index is 489. The van der Waals surface area contributed by atoms with Crippen LogP contribution in [0.25, 0.3) is 0 Å². The molecule has 158 valence electrons. The second-order valence-corrected chi connectivity index (χ2v) is 9.05. The van der Waals surface area contributed by atoms with Crippen molar-refractivity contribution in [2.75, 3.05) is 26.4 Å². The van der Waals surface area contributed by atoms with Gasteiger partial charge in [0, 0.05) is 11.8 Å². The van der Waals surface area contributed by atoms with E-state index in [1.165, 1.54) is 12.8 Å². The van der Waals surface area contributed by atoms with Gasteiger partial charge in [-0.3, -0.25) is 9.59 Å².